The van der Waals surface area contributed by atoms with E-state index < -0.39 is 0 Å². The van der Waals surface area contributed by atoms with E-state index in [1.165, 1.54) is 4.90 Å². The fourth-order valence-corrected chi connectivity index (χ4v) is 5.67. The van der Waals surface area contributed by atoms with Crippen molar-refractivity contribution in [2.45, 2.75) is 35.4 Å². The van der Waals surface area contributed by atoms with E-state index in [9.17, 15) is 4.79 Å². The average Bonchev–Trinajstić information content (AvgIpc) is 3.20. The van der Waals surface area contributed by atoms with Crippen molar-refractivity contribution < 1.29 is 4.79 Å². The van der Waals surface area contributed by atoms with Crippen LogP contribution in [-0.4, -0.2) is 22.4 Å². The third kappa shape index (κ3) is 5.32. The van der Waals surface area contributed by atoms with E-state index in [1.54, 1.807) is 39.8 Å². The van der Waals surface area contributed by atoms with Crippen molar-refractivity contribution >= 4 is 56.1 Å². The average molecular weight is 465 g/mol. The van der Waals surface area contributed by atoms with E-state index in [1.807, 2.05) is 54.6 Å². The lowest BCUT2D eigenvalue weighted by Crippen LogP contribution is -2.30. The molecule has 3 nitrogen and oxygen atoms in total. The Morgan fingerprint density at radius 3 is 2.55 bits per heavy atom. The maximum atomic E-state index is 13.7. The monoisotopic (exact) mass is 464 g/mol. The minimum Gasteiger partial charge on any atom is -0.279 e. The van der Waals surface area contributed by atoms with Gasteiger partial charge in [-0.25, -0.2) is 4.98 Å². The standard InChI is InChI=1S/C25H24N2OS3/c1-17(2)30-21-11-7-10-19(14-21)24(28)27(16-18-8-5-4-6-9-18)25-26-22-13-12-20(29-3)15-23(22)31-25/h4-15,17H,16H2,1-3H3. The molecule has 0 aliphatic carbocycles. The van der Waals surface area contributed by atoms with Crippen LogP contribution in [0.4, 0.5) is 5.13 Å². The summed E-state index contributed by atoms with van der Waals surface area (Å²) in [6.45, 7) is 4.80. The molecular formula is C25H24N2OS3. The fourth-order valence-electron chi connectivity index (χ4n) is 3.26. The summed E-state index contributed by atoms with van der Waals surface area (Å²) in [5, 5.41) is 1.18. The molecule has 0 fully saturated rings. The molecule has 4 rings (SSSR count). The largest absolute Gasteiger partial charge is 0.279 e. The highest BCUT2D eigenvalue weighted by Gasteiger charge is 2.22. The van der Waals surface area contributed by atoms with E-state index in [-0.39, 0.29) is 5.91 Å². The summed E-state index contributed by atoms with van der Waals surface area (Å²) in [4.78, 5) is 22.6. The summed E-state index contributed by atoms with van der Waals surface area (Å²) in [6, 6.07) is 24.2. The van der Waals surface area contributed by atoms with E-state index >= 15 is 0 Å². The smallest absolute Gasteiger partial charge is 0.260 e. The van der Waals surface area contributed by atoms with Crippen molar-refractivity contribution in [1.82, 2.24) is 4.98 Å². The zero-order valence-electron chi connectivity index (χ0n) is 17.7. The first-order valence-electron chi connectivity index (χ1n) is 10.1. The van der Waals surface area contributed by atoms with E-state index in [0.717, 1.165) is 25.8 Å². The Morgan fingerprint density at radius 1 is 1.00 bits per heavy atom. The number of rotatable bonds is 7. The van der Waals surface area contributed by atoms with Gasteiger partial charge in [-0.15, -0.1) is 23.5 Å². The highest BCUT2D eigenvalue weighted by molar-refractivity contribution is 8.00. The Bertz CT molecular complexity index is 1190. The first-order valence-corrected chi connectivity index (χ1v) is 13.0. The van der Waals surface area contributed by atoms with Crippen LogP contribution in [0.5, 0.6) is 0 Å². The van der Waals surface area contributed by atoms with Crippen LogP contribution in [-0.2, 0) is 6.54 Å². The van der Waals surface area contributed by atoms with Crippen molar-refractivity contribution in [2.75, 3.05) is 11.2 Å². The number of nitrogens with zero attached hydrogens (tertiary/aromatic N) is 2. The van der Waals surface area contributed by atoms with Crippen molar-refractivity contribution in [3.63, 3.8) is 0 Å². The topological polar surface area (TPSA) is 33.2 Å². The quantitative estimate of drug-likeness (QED) is 0.267. The Morgan fingerprint density at radius 2 is 1.81 bits per heavy atom. The minimum atomic E-state index is -0.0285. The zero-order chi connectivity index (χ0) is 21.8. The van der Waals surface area contributed by atoms with Crippen LogP contribution in [0, 0.1) is 0 Å². The molecule has 0 unspecified atom stereocenters. The number of amides is 1. The molecule has 0 radical (unpaired) electrons. The lowest BCUT2D eigenvalue weighted by atomic mass is 10.1. The molecule has 158 valence electrons. The molecule has 0 aliphatic rings. The molecule has 1 heterocycles. The first kappa shape index (κ1) is 21.9. The highest BCUT2D eigenvalue weighted by atomic mass is 32.2. The second-order valence-electron chi connectivity index (χ2n) is 7.40. The summed E-state index contributed by atoms with van der Waals surface area (Å²) in [6.07, 6.45) is 2.07. The van der Waals surface area contributed by atoms with Crippen LogP contribution < -0.4 is 4.90 Å². The summed E-state index contributed by atoms with van der Waals surface area (Å²) in [5.74, 6) is -0.0285. The number of aromatic nitrogens is 1. The van der Waals surface area contributed by atoms with Gasteiger partial charge in [-0.1, -0.05) is 61.6 Å². The molecular weight excluding hydrogens is 440 g/mol. The Labute approximate surface area is 195 Å². The Balaban J connectivity index is 1.73. The summed E-state index contributed by atoms with van der Waals surface area (Å²) >= 11 is 5.04. The van der Waals surface area contributed by atoms with Gasteiger partial charge in [0, 0.05) is 20.6 Å². The molecule has 1 aromatic heterocycles. The van der Waals surface area contributed by atoms with Crippen LogP contribution in [0.1, 0.15) is 29.8 Å². The Kier molecular flexibility index (Phi) is 7.00. The van der Waals surface area contributed by atoms with Gasteiger partial charge in [0.25, 0.3) is 5.91 Å². The Hall–Kier alpha value is -2.28. The number of carbonyl (C=O) groups excluding carboxylic acids is 1. The van der Waals surface area contributed by atoms with Crippen LogP contribution >= 0.6 is 34.9 Å². The highest BCUT2D eigenvalue weighted by Crippen LogP contribution is 2.33. The molecule has 0 saturated heterocycles. The van der Waals surface area contributed by atoms with E-state index in [0.29, 0.717) is 17.4 Å². The second kappa shape index (κ2) is 9.90. The first-order chi connectivity index (χ1) is 15.0. The van der Waals surface area contributed by atoms with Crippen molar-refractivity contribution in [2.24, 2.45) is 0 Å². The number of anilines is 1. The number of carbonyl (C=O) groups is 1. The minimum absolute atomic E-state index is 0.0285. The van der Waals surface area contributed by atoms with Crippen molar-refractivity contribution in [3.05, 3.63) is 83.9 Å². The fraction of sp³-hybridized carbons (Fsp3) is 0.200. The van der Waals surface area contributed by atoms with Gasteiger partial charge in [0.05, 0.1) is 16.8 Å². The number of benzene rings is 3. The van der Waals surface area contributed by atoms with Crippen LogP contribution in [0.3, 0.4) is 0 Å². The van der Waals surface area contributed by atoms with Gasteiger partial charge >= 0.3 is 0 Å². The summed E-state index contributed by atoms with van der Waals surface area (Å²) in [7, 11) is 0. The molecule has 0 N–H and O–H groups in total. The van der Waals surface area contributed by atoms with Crippen molar-refractivity contribution in [3.8, 4) is 0 Å². The molecule has 3 aromatic carbocycles. The maximum Gasteiger partial charge on any atom is 0.260 e. The molecule has 31 heavy (non-hydrogen) atoms. The molecule has 0 saturated carbocycles. The normalized spacial score (nSPS) is 11.2. The van der Waals surface area contributed by atoms with Gasteiger partial charge < -0.3 is 0 Å². The SMILES string of the molecule is CSc1ccc2nc(N(Cc3ccccc3)C(=O)c3cccc(SC(C)C)c3)sc2c1. The summed E-state index contributed by atoms with van der Waals surface area (Å²) in [5.41, 5.74) is 2.69. The third-order valence-electron chi connectivity index (χ3n) is 4.70. The van der Waals surface area contributed by atoms with Gasteiger partial charge in [0.1, 0.15) is 0 Å². The zero-order valence-corrected chi connectivity index (χ0v) is 20.2. The molecule has 0 spiro atoms. The van der Waals surface area contributed by atoms with Crippen LogP contribution in [0.2, 0.25) is 0 Å². The van der Waals surface area contributed by atoms with Gasteiger partial charge in [-0.05, 0) is 48.2 Å². The molecule has 1 amide bonds. The van der Waals surface area contributed by atoms with Gasteiger partial charge in [-0.2, -0.15) is 0 Å². The molecule has 6 heteroatoms. The predicted octanol–water partition coefficient (Wildman–Crippen LogP) is 7.37. The maximum absolute atomic E-state index is 13.7. The number of fused-ring (bicyclic) bond motifs is 1. The van der Waals surface area contributed by atoms with Gasteiger partial charge in [0.15, 0.2) is 5.13 Å². The number of hydrogen-bond donors (Lipinski definition) is 0. The molecule has 0 aliphatic heterocycles. The third-order valence-corrected chi connectivity index (χ3v) is 7.46. The molecule has 0 atom stereocenters. The molecule has 4 aromatic rings. The second-order valence-corrected chi connectivity index (χ2v) is 10.9. The number of thioether (sulfide) groups is 2. The predicted molar refractivity (Wildman–Crippen MR) is 136 cm³/mol. The lowest BCUT2D eigenvalue weighted by Gasteiger charge is -2.20. The number of thiazole rings is 1. The van der Waals surface area contributed by atoms with Crippen LogP contribution in [0.25, 0.3) is 10.2 Å². The van der Waals surface area contributed by atoms with E-state index in [4.69, 9.17) is 4.98 Å². The molecule has 0 bridgehead atoms. The lowest BCUT2D eigenvalue weighted by molar-refractivity contribution is 0.0985. The summed E-state index contributed by atoms with van der Waals surface area (Å²) < 4.78 is 1.09. The van der Waals surface area contributed by atoms with Gasteiger partial charge in [0.2, 0.25) is 0 Å². The van der Waals surface area contributed by atoms with Gasteiger partial charge in [-0.3, -0.25) is 9.69 Å². The number of hydrogen-bond acceptors (Lipinski definition) is 5. The van der Waals surface area contributed by atoms with Crippen LogP contribution in [0.15, 0.2) is 82.6 Å². The van der Waals surface area contributed by atoms with Crippen molar-refractivity contribution in [1.29, 1.82) is 0 Å². The van der Waals surface area contributed by atoms with E-state index in [2.05, 4.69) is 38.3 Å².